The third-order valence-electron chi connectivity index (χ3n) is 2.40. The summed E-state index contributed by atoms with van der Waals surface area (Å²) in [7, 11) is 0. The molecule has 0 spiro atoms. The molecule has 1 atom stereocenters. The first kappa shape index (κ1) is 13.2. The lowest BCUT2D eigenvalue weighted by Gasteiger charge is -2.22. The van der Waals surface area contributed by atoms with E-state index in [4.69, 9.17) is 5.26 Å². The minimum Gasteiger partial charge on any atom is -0.369 e. The number of nitrogens with zero attached hydrogens (tertiary/aromatic N) is 4. The topological polar surface area (TPSA) is 64.8 Å². The SMILES string of the molecule is CCNc1cncc(N(CC)CC(C)C#N)n1. The zero-order chi connectivity index (χ0) is 12.7. The molecule has 0 aliphatic rings. The highest BCUT2D eigenvalue weighted by molar-refractivity contribution is 5.43. The van der Waals surface area contributed by atoms with Crippen molar-refractivity contribution in [2.24, 2.45) is 5.92 Å². The second-order valence-electron chi connectivity index (χ2n) is 3.86. The number of anilines is 2. The lowest BCUT2D eigenvalue weighted by molar-refractivity contribution is 0.678. The van der Waals surface area contributed by atoms with E-state index < -0.39 is 0 Å². The maximum Gasteiger partial charge on any atom is 0.149 e. The van der Waals surface area contributed by atoms with Crippen molar-refractivity contribution in [3.8, 4) is 6.07 Å². The van der Waals surface area contributed by atoms with Crippen molar-refractivity contribution >= 4 is 11.6 Å². The minimum absolute atomic E-state index is 0.0143. The van der Waals surface area contributed by atoms with E-state index in [2.05, 4.69) is 26.3 Å². The highest BCUT2D eigenvalue weighted by Gasteiger charge is 2.10. The first-order chi connectivity index (χ1) is 8.21. The van der Waals surface area contributed by atoms with Crippen molar-refractivity contribution in [3.63, 3.8) is 0 Å². The van der Waals surface area contributed by atoms with Crippen LogP contribution in [-0.4, -0.2) is 29.6 Å². The molecule has 1 aromatic rings. The maximum atomic E-state index is 8.84. The number of aromatic nitrogens is 2. The van der Waals surface area contributed by atoms with Crippen molar-refractivity contribution in [2.75, 3.05) is 29.9 Å². The van der Waals surface area contributed by atoms with Crippen LogP contribution in [-0.2, 0) is 0 Å². The summed E-state index contributed by atoms with van der Waals surface area (Å²) < 4.78 is 0. The van der Waals surface area contributed by atoms with Gasteiger partial charge in [0.05, 0.1) is 24.4 Å². The normalized spacial score (nSPS) is 11.6. The van der Waals surface area contributed by atoms with Gasteiger partial charge in [0, 0.05) is 19.6 Å². The molecule has 0 saturated carbocycles. The lowest BCUT2D eigenvalue weighted by Crippen LogP contribution is -2.28. The Hall–Kier alpha value is -1.83. The molecule has 1 unspecified atom stereocenters. The molecule has 92 valence electrons. The fraction of sp³-hybridized carbons (Fsp3) is 0.583. The summed E-state index contributed by atoms with van der Waals surface area (Å²) >= 11 is 0. The Bertz CT molecular complexity index is 385. The van der Waals surface area contributed by atoms with Crippen LogP contribution in [0.15, 0.2) is 12.4 Å². The van der Waals surface area contributed by atoms with Gasteiger partial charge in [-0.15, -0.1) is 0 Å². The summed E-state index contributed by atoms with van der Waals surface area (Å²) in [6, 6.07) is 2.23. The largest absolute Gasteiger partial charge is 0.369 e. The van der Waals surface area contributed by atoms with Gasteiger partial charge >= 0.3 is 0 Å². The molecule has 0 amide bonds. The summed E-state index contributed by atoms with van der Waals surface area (Å²) in [6.07, 6.45) is 3.43. The average molecular weight is 233 g/mol. The quantitative estimate of drug-likeness (QED) is 0.813. The third-order valence-corrected chi connectivity index (χ3v) is 2.40. The molecular formula is C12H19N5. The van der Waals surface area contributed by atoms with Crippen LogP contribution in [0.2, 0.25) is 0 Å². The van der Waals surface area contributed by atoms with Crippen molar-refractivity contribution in [3.05, 3.63) is 12.4 Å². The van der Waals surface area contributed by atoms with E-state index in [1.54, 1.807) is 12.4 Å². The maximum absolute atomic E-state index is 8.84. The van der Waals surface area contributed by atoms with E-state index in [-0.39, 0.29) is 5.92 Å². The Labute approximate surface area is 102 Å². The molecule has 1 aromatic heterocycles. The van der Waals surface area contributed by atoms with E-state index in [0.29, 0.717) is 6.54 Å². The molecule has 0 saturated heterocycles. The van der Waals surface area contributed by atoms with Crippen molar-refractivity contribution < 1.29 is 0 Å². The van der Waals surface area contributed by atoms with Crippen molar-refractivity contribution in [2.45, 2.75) is 20.8 Å². The van der Waals surface area contributed by atoms with Gasteiger partial charge in [0.1, 0.15) is 11.6 Å². The molecule has 5 nitrogen and oxygen atoms in total. The molecule has 0 aliphatic carbocycles. The summed E-state index contributed by atoms with van der Waals surface area (Å²) in [5, 5.41) is 12.0. The Morgan fingerprint density at radius 1 is 1.47 bits per heavy atom. The second-order valence-corrected chi connectivity index (χ2v) is 3.86. The van der Waals surface area contributed by atoms with Gasteiger partial charge in [-0.3, -0.25) is 4.98 Å². The van der Waals surface area contributed by atoms with Crippen LogP contribution in [0.4, 0.5) is 11.6 Å². The van der Waals surface area contributed by atoms with Gasteiger partial charge in [-0.25, -0.2) is 4.98 Å². The molecule has 1 N–H and O–H groups in total. The van der Waals surface area contributed by atoms with E-state index in [0.717, 1.165) is 24.7 Å². The van der Waals surface area contributed by atoms with E-state index >= 15 is 0 Å². The molecule has 0 aromatic carbocycles. The predicted octanol–water partition coefficient (Wildman–Crippen LogP) is 1.89. The Morgan fingerprint density at radius 2 is 2.24 bits per heavy atom. The van der Waals surface area contributed by atoms with Crippen LogP contribution in [0, 0.1) is 17.2 Å². The molecule has 0 fully saturated rings. The highest BCUT2D eigenvalue weighted by Crippen LogP contribution is 2.13. The van der Waals surface area contributed by atoms with Gasteiger partial charge in [-0.1, -0.05) is 0 Å². The summed E-state index contributed by atoms with van der Waals surface area (Å²) in [5.41, 5.74) is 0. The molecule has 1 heterocycles. The van der Waals surface area contributed by atoms with E-state index in [1.165, 1.54) is 0 Å². The highest BCUT2D eigenvalue weighted by atomic mass is 15.2. The van der Waals surface area contributed by atoms with Gasteiger partial charge in [0.15, 0.2) is 0 Å². The van der Waals surface area contributed by atoms with Gasteiger partial charge in [-0.05, 0) is 20.8 Å². The zero-order valence-corrected chi connectivity index (χ0v) is 10.6. The number of hydrogen-bond acceptors (Lipinski definition) is 5. The second kappa shape index (κ2) is 6.69. The Morgan fingerprint density at radius 3 is 2.82 bits per heavy atom. The van der Waals surface area contributed by atoms with Gasteiger partial charge in [0.2, 0.25) is 0 Å². The monoisotopic (exact) mass is 233 g/mol. The van der Waals surface area contributed by atoms with Crippen molar-refractivity contribution in [1.82, 2.24) is 9.97 Å². The first-order valence-corrected chi connectivity index (χ1v) is 5.91. The van der Waals surface area contributed by atoms with Crippen LogP contribution in [0.5, 0.6) is 0 Å². The van der Waals surface area contributed by atoms with E-state index in [9.17, 15) is 0 Å². The van der Waals surface area contributed by atoms with Crippen molar-refractivity contribution in [1.29, 1.82) is 5.26 Å². The number of nitriles is 1. The number of nitrogens with one attached hydrogen (secondary N) is 1. The molecular weight excluding hydrogens is 214 g/mol. The molecule has 0 radical (unpaired) electrons. The van der Waals surface area contributed by atoms with Crippen LogP contribution < -0.4 is 10.2 Å². The van der Waals surface area contributed by atoms with E-state index in [1.807, 2.05) is 20.8 Å². The molecule has 1 rings (SSSR count). The fourth-order valence-corrected chi connectivity index (χ4v) is 1.53. The Balaban J connectivity index is 2.81. The van der Waals surface area contributed by atoms with Gasteiger partial charge < -0.3 is 10.2 Å². The zero-order valence-electron chi connectivity index (χ0n) is 10.6. The molecule has 5 heteroatoms. The fourth-order valence-electron chi connectivity index (χ4n) is 1.53. The van der Waals surface area contributed by atoms with Gasteiger partial charge in [-0.2, -0.15) is 5.26 Å². The average Bonchev–Trinajstić information content (AvgIpc) is 2.36. The predicted molar refractivity (Wildman–Crippen MR) is 68.9 cm³/mol. The summed E-state index contributed by atoms with van der Waals surface area (Å²) in [5.74, 6) is 1.57. The lowest BCUT2D eigenvalue weighted by atomic mass is 10.2. The first-order valence-electron chi connectivity index (χ1n) is 5.91. The van der Waals surface area contributed by atoms with Crippen LogP contribution >= 0.6 is 0 Å². The number of rotatable bonds is 6. The van der Waals surface area contributed by atoms with Crippen LogP contribution in [0.3, 0.4) is 0 Å². The Kier molecular flexibility index (Phi) is 5.21. The molecule has 17 heavy (non-hydrogen) atoms. The third kappa shape index (κ3) is 3.91. The molecule has 0 aliphatic heterocycles. The summed E-state index contributed by atoms with van der Waals surface area (Å²) in [6.45, 7) is 8.28. The number of hydrogen-bond donors (Lipinski definition) is 1. The summed E-state index contributed by atoms with van der Waals surface area (Å²) in [4.78, 5) is 10.7. The molecule has 0 bridgehead atoms. The smallest absolute Gasteiger partial charge is 0.149 e. The standard InChI is InChI=1S/C12H19N5/c1-4-15-11-7-14-8-12(16-11)17(5-2)9-10(3)6-13/h7-8,10H,4-5,9H2,1-3H3,(H,15,16). The van der Waals surface area contributed by atoms with Crippen LogP contribution in [0.25, 0.3) is 0 Å². The minimum atomic E-state index is -0.0143. The van der Waals surface area contributed by atoms with Crippen LogP contribution in [0.1, 0.15) is 20.8 Å². The van der Waals surface area contributed by atoms with Gasteiger partial charge in [0.25, 0.3) is 0 Å².